The van der Waals surface area contributed by atoms with Gasteiger partial charge in [-0.1, -0.05) is 22.7 Å². The molecule has 1 unspecified atom stereocenters. The predicted octanol–water partition coefficient (Wildman–Crippen LogP) is 1.76. The number of nitrogens with zero attached hydrogens (tertiary/aromatic N) is 3. The fraction of sp³-hybridized carbons (Fsp3) is 0.231. The number of aromatic nitrogens is 2. The summed E-state index contributed by atoms with van der Waals surface area (Å²) in [5, 5.41) is 12.7. The Labute approximate surface area is 118 Å². The molecule has 20 heavy (non-hydrogen) atoms. The molecule has 0 aliphatic carbocycles. The van der Waals surface area contributed by atoms with Crippen molar-refractivity contribution in [3.63, 3.8) is 0 Å². The first kappa shape index (κ1) is 12.7. The Morgan fingerprint density at radius 2 is 2.20 bits per heavy atom. The van der Waals surface area contributed by atoms with Gasteiger partial charge in [0.25, 0.3) is 5.91 Å². The molecule has 0 radical (unpaired) electrons. The van der Waals surface area contributed by atoms with Gasteiger partial charge in [-0.15, -0.1) is 5.10 Å². The number of hydrogen-bond acceptors (Lipinski definition) is 5. The van der Waals surface area contributed by atoms with Crippen molar-refractivity contribution in [1.82, 2.24) is 9.59 Å². The SMILES string of the molecule is O=C(O)CC1CN(C(=O)c2cnns2)c2ccccc21. The van der Waals surface area contributed by atoms with E-state index in [0.717, 1.165) is 22.8 Å². The lowest BCUT2D eigenvalue weighted by Crippen LogP contribution is -2.29. The van der Waals surface area contributed by atoms with Crippen LogP contribution in [-0.2, 0) is 4.79 Å². The molecule has 1 N–H and O–H groups in total. The highest BCUT2D eigenvalue weighted by atomic mass is 32.1. The number of para-hydroxylation sites is 1. The first-order chi connectivity index (χ1) is 9.66. The maximum absolute atomic E-state index is 12.4. The third-order valence-electron chi connectivity index (χ3n) is 3.31. The van der Waals surface area contributed by atoms with Crippen LogP contribution in [0.2, 0.25) is 0 Å². The molecule has 0 spiro atoms. The molecule has 7 heteroatoms. The quantitative estimate of drug-likeness (QED) is 0.930. The van der Waals surface area contributed by atoms with Crippen LogP contribution in [0.5, 0.6) is 0 Å². The van der Waals surface area contributed by atoms with Crippen LogP contribution in [0, 0.1) is 0 Å². The second-order valence-electron chi connectivity index (χ2n) is 4.55. The molecule has 2 aromatic rings. The number of aliphatic carboxylic acids is 1. The average Bonchev–Trinajstić information content (AvgIpc) is 3.06. The van der Waals surface area contributed by atoms with Crippen molar-refractivity contribution < 1.29 is 14.7 Å². The zero-order chi connectivity index (χ0) is 14.1. The number of hydrogen-bond donors (Lipinski definition) is 1. The lowest BCUT2D eigenvalue weighted by molar-refractivity contribution is -0.137. The van der Waals surface area contributed by atoms with Crippen LogP contribution in [0.4, 0.5) is 5.69 Å². The number of benzene rings is 1. The van der Waals surface area contributed by atoms with E-state index in [-0.39, 0.29) is 18.2 Å². The Morgan fingerprint density at radius 3 is 2.90 bits per heavy atom. The Kier molecular flexibility index (Phi) is 3.19. The monoisotopic (exact) mass is 289 g/mol. The van der Waals surface area contributed by atoms with E-state index in [9.17, 15) is 9.59 Å². The minimum absolute atomic E-state index is 0.0156. The molecule has 6 nitrogen and oxygen atoms in total. The van der Waals surface area contributed by atoms with Gasteiger partial charge in [-0.25, -0.2) is 0 Å². The van der Waals surface area contributed by atoms with Crippen LogP contribution in [0.15, 0.2) is 30.5 Å². The summed E-state index contributed by atoms with van der Waals surface area (Å²) in [7, 11) is 0. The van der Waals surface area contributed by atoms with E-state index in [0.29, 0.717) is 11.4 Å². The van der Waals surface area contributed by atoms with Gasteiger partial charge in [0.15, 0.2) is 0 Å². The van der Waals surface area contributed by atoms with Crippen LogP contribution in [0.1, 0.15) is 27.6 Å². The van der Waals surface area contributed by atoms with Crippen LogP contribution in [-0.4, -0.2) is 33.1 Å². The summed E-state index contributed by atoms with van der Waals surface area (Å²) in [6, 6.07) is 7.41. The van der Waals surface area contributed by atoms with E-state index in [1.807, 2.05) is 24.3 Å². The molecule has 1 aliphatic rings. The number of amides is 1. The lowest BCUT2D eigenvalue weighted by Gasteiger charge is -2.16. The number of carboxylic acid groups (broad SMARTS) is 1. The Morgan fingerprint density at radius 1 is 1.40 bits per heavy atom. The van der Waals surface area contributed by atoms with Gasteiger partial charge in [0.2, 0.25) is 0 Å². The zero-order valence-corrected chi connectivity index (χ0v) is 11.2. The minimum Gasteiger partial charge on any atom is -0.481 e. The van der Waals surface area contributed by atoms with Crippen molar-refractivity contribution in [1.29, 1.82) is 0 Å². The molecule has 3 rings (SSSR count). The molecule has 1 atom stereocenters. The van der Waals surface area contributed by atoms with Gasteiger partial charge in [-0.3, -0.25) is 9.59 Å². The average molecular weight is 289 g/mol. The van der Waals surface area contributed by atoms with Crippen molar-refractivity contribution in [2.45, 2.75) is 12.3 Å². The summed E-state index contributed by atoms with van der Waals surface area (Å²) in [6.45, 7) is 0.377. The fourth-order valence-electron chi connectivity index (χ4n) is 2.47. The highest BCUT2D eigenvalue weighted by Gasteiger charge is 2.34. The summed E-state index contributed by atoms with van der Waals surface area (Å²) in [5.74, 6) is -1.22. The predicted molar refractivity (Wildman–Crippen MR) is 73.0 cm³/mol. The summed E-state index contributed by atoms with van der Waals surface area (Å²) in [5.41, 5.74) is 1.68. The van der Waals surface area contributed by atoms with E-state index < -0.39 is 5.97 Å². The van der Waals surface area contributed by atoms with E-state index in [1.54, 1.807) is 4.90 Å². The van der Waals surface area contributed by atoms with Crippen LogP contribution < -0.4 is 4.90 Å². The van der Waals surface area contributed by atoms with Crippen LogP contribution >= 0.6 is 11.5 Å². The van der Waals surface area contributed by atoms with Crippen molar-refractivity contribution >= 4 is 29.1 Å². The smallest absolute Gasteiger partial charge is 0.304 e. The standard InChI is InChI=1S/C13H11N3O3S/c17-12(18)5-8-7-16(10-4-2-1-3-9(8)10)13(19)11-6-14-15-20-11/h1-4,6,8H,5,7H2,(H,17,18). The van der Waals surface area contributed by atoms with Crippen LogP contribution in [0.25, 0.3) is 0 Å². The normalized spacial score (nSPS) is 17.0. The van der Waals surface area contributed by atoms with E-state index in [4.69, 9.17) is 5.11 Å². The molecule has 102 valence electrons. The molecule has 0 fully saturated rings. The zero-order valence-electron chi connectivity index (χ0n) is 10.4. The molecule has 0 saturated heterocycles. The van der Waals surface area contributed by atoms with Crippen molar-refractivity contribution in [2.75, 3.05) is 11.4 Å². The van der Waals surface area contributed by atoms with Gasteiger partial charge in [-0.2, -0.15) is 0 Å². The summed E-state index contributed by atoms with van der Waals surface area (Å²) in [6.07, 6.45) is 1.45. The van der Waals surface area contributed by atoms with Gasteiger partial charge >= 0.3 is 5.97 Å². The fourth-order valence-corrected chi connectivity index (χ4v) is 2.93. The first-order valence-electron chi connectivity index (χ1n) is 6.06. The highest BCUT2D eigenvalue weighted by Crippen LogP contribution is 2.38. The van der Waals surface area contributed by atoms with Crippen molar-refractivity contribution in [2.24, 2.45) is 0 Å². The van der Waals surface area contributed by atoms with Crippen LogP contribution in [0.3, 0.4) is 0 Å². The molecule has 1 aromatic carbocycles. The molecule has 1 aromatic heterocycles. The molecule has 1 amide bonds. The number of carboxylic acids is 1. The highest BCUT2D eigenvalue weighted by molar-refractivity contribution is 7.07. The molecule has 0 saturated carbocycles. The molecular formula is C13H11N3O3S. The van der Waals surface area contributed by atoms with Gasteiger partial charge in [0.1, 0.15) is 4.88 Å². The van der Waals surface area contributed by atoms with E-state index >= 15 is 0 Å². The Balaban J connectivity index is 1.94. The largest absolute Gasteiger partial charge is 0.481 e. The molecule has 1 aliphatic heterocycles. The number of carbonyl (C=O) groups excluding carboxylic acids is 1. The molecule has 2 heterocycles. The first-order valence-corrected chi connectivity index (χ1v) is 6.84. The Bertz CT molecular complexity index is 657. The van der Waals surface area contributed by atoms with Gasteiger partial charge in [-0.05, 0) is 23.2 Å². The van der Waals surface area contributed by atoms with Crippen molar-refractivity contribution in [3.8, 4) is 0 Å². The van der Waals surface area contributed by atoms with E-state index in [2.05, 4.69) is 9.59 Å². The maximum atomic E-state index is 12.4. The second kappa shape index (κ2) is 5.01. The molecular weight excluding hydrogens is 278 g/mol. The maximum Gasteiger partial charge on any atom is 0.304 e. The third kappa shape index (κ3) is 2.16. The van der Waals surface area contributed by atoms with E-state index in [1.165, 1.54) is 6.20 Å². The Hall–Kier alpha value is -2.28. The van der Waals surface area contributed by atoms with Gasteiger partial charge < -0.3 is 10.0 Å². The minimum atomic E-state index is -0.862. The van der Waals surface area contributed by atoms with Gasteiger partial charge in [0.05, 0.1) is 12.6 Å². The third-order valence-corrected chi connectivity index (χ3v) is 3.96. The summed E-state index contributed by atoms with van der Waals surface area (Å²) >= 11 is 1.04. The number of fused-ring (bicyclic) bond motifs is 1. The number of anilines is 1. The summed E-state index contributed by atoms with van der Waals surface area (Å²) < 4.78 is 3.69. The lowest BCUT2D eigenvalue weighted by atomic mass is 9.98. The van der Waals surface area contributed by atoms with Crippen molar-refractivity contribution in [3.05, 3.63) is 40.9 Å². The topological polar surface area (TPSA) is 83.4 Å². The number of rotatable bonds is 3. The number of carbonyl (C=O) groups is 2. The summed E-state index contributed by atoms with van der Waals surface area (Å²) in [4.78, 5) is 25.4. The molecule has 0 bridgehead atoms. The van der Waals surface area contributed by atoms with Gasteiger partial charge in [0, 0.05) is 18.2 Å². The second-order valence-corrected chi connectivity index (χ2v) is 5.34.